The van der Waals surface area contributed by atoms with E-state index in [1.54, 1.807) is 0 Å². The maximum absolute atomic E-state index is 8.78. The van der Waals surface area contributed by atoms with Gasteiger partial charge in [0.05, 0.1) is 0 Å². The van der Waals surface area contributed by atoms with E-state index in [1.807, 2.05) is 0 Å². The third-order valence-electron chi connectivity index (χ3n) is 0.213. The van der Waals surface area contributed by atoms with Crippen molar-refractivity contribution in [2.45, 2.75) is 0 Å². The van der Waals surface area contributed by atoms with E-state index in [9.17, 15) is 0 Å². The van der Waals surface area contributed by atoms with E-state index in [1.165, 1.54) is 0 Å². The summed E-state index contributed by atoms with van der Waals surface area (Å²) in [4.78, 5) is 8.78. The third-order valence-corrected chi connectivity index (χ3v) is 5.09. The lowest BCUT2D eigenvalue weighted by Gasteiger charge is -2.12. The summed E-state index contributed by atoms with van der Waals surface area (Å²) in [7, 11) is 0. The standard InChI is InChI=1S/H4O2P2S5/c1-3(5,6)2-4(7,8)9/h(H2,1,5,6)(H2,7,8,9). The normalized spacial score (nSPS) is 19.1. The molecule has 1 unspecified atom stereocenters. The van der Waals surface area contributed by atoms with Crippen LogP contribution in [0.4, 0.5) is 0 Å². The molecule has 0 heterocycles. The van der Waals surface area contributed by atoms with Crippen LogP contribution in [0, 0.1) is 0 Å². The van der Waals surface area contributed by atoms with E-state index in [0.717, 1.165) is 0 Å². The van der Waals surface area contributed by atoms with Gasteiger partial charge >= 0.3 is 0 Å². The van der Waals surface area contributed by atoms with E-state index < -0.39 is 10.4 Å². The maximum Gasteiger partial charge on any atom is 0.246 e. The number of hydrogen-bond donors (Lipinski definition) is 4. The van der Waals surface area contributed by atoms with Crippen LogP contribution in [-0.2, 0) is 27.9 Å². The minimum absolute atomic E-state index is 2.45. The van der Waals surface area contributed by atoms with Gasteiger partial charge in [0.2, 0.25) is 5.69 Å². The molecule has 9 heavy (non-hydrogen) atoms. The van der Waals surface area contributed by atoms with Gasteiger partial charge in [-0.15, -0.1) is 24.5 Å². The molecule has 0 aromatic rings. The van der Waals surface area contributed by atoms with Gasteiger partial charge in [0.15, 0.2) is 4.67 Å². The van der Waals surface area contributed by atoms with Crippen molar-refractivity contribution in [3.63, 3.8) is 0 Å². The molecule has 0 aromatic carbocycles. The van der Waals surface area contributed by atoms with Crippen molar-refractivity contribution < 1.29 is 9.20 Å². The molecule has 2 nitrogen and oxygen atoms in total. The average molecular weight is 258 g/mol. The zero-order valence-electron chi connectivity index (χ0n) is 3.91. The third kappa shape index (κ3) is 10.3. The first-order valence-corrected chi connectivity index (χ1v) is 10.4. The molecule has 0 aromatic heterocycles. The number of rotatable bonds is 2. The summed E-state index contributed by atoms with van der Waals surface area (Å²) < 4.78 is 2.18. The van der Waals surface area contributed by atoms with Crippen molar-refractivity contribution in [3.8, 4) is 0 Å². The summed E-state index contributed by atoms with van der Waals surface area (Å²) in [5.74, 6) is 0. The van der Waals surface area contributed by atoms with E-state index >= 15 is 0 Å². The van der Waals surface area contributed by atoms with Crippen molar-refractivity contribution in [2.24, 2.45) is 0 Å². The van der Waals surface area contributed by atoms with Crippen molar-refractivity contribution in [3.05, 3.63) is 0 Å². The number of thiol groups is 3. The van der Waals surface area contributed by atoms with Crippen molar-refractivity contribution in [2.75, 3.05) is 0 Å². The largest absolute Gasteiger partial charge is 0.337 e. The van der Waals surface area contributed by atoms with Gasteiger partial charge in [-0.05, 0) is 23.6 Å². The fraction of sp³-hybridized carbons (Fsp3) is 0. The molecule has 0 radical (unpaired) electrons. The quantitative estimate of drug-likeness (QED) is 0.452. The highest BCUT2D eigenvalue weighted by molar-refractivity contribution is 8.91. The monoisotopic (exact) mass is 258 g/mol. The SMILES string of the molecule is OP(=S)(S)OP(=S)(S)S. The lowest BCUT2D eigenvalue weighted by atomic mass is 15.8. The topological polar surface area (TPSA) is 29.5 Å². The second-order valence-corrected chi connectivity index (χ2v) is 15.1. The van der Waals surface area contributed by atoms with Gasteiger partial charge in [0.1, 0.15) is 0 Å². The highest BCUT2D eigenvalue weighted by Gasteiger charge is 2.15. The Kier molecular flexibility index (Phi) is 4.74. The Bertz CT molecular complexity index is 153. The van der Waals surface area contributed by atoms with Gasteiger partial charge in [-0.1, -0.05) is 12.2 Å². The Morgan fingerprint density at radius 3 is 1.56 bits per heavy atom. The van der Waals surface area contributed by atoms with Crippen molar-refractivity contribution in [1.29, 1.82) is 0 Å². The molecule has 0 rings (SSSR count). The highest BCUT2D eigenvalue weighted by Crippen LogP contribution is 2.69. The zero-order valence-corrected chi connectivity index (χ0v) is 10.0. The summed E-state index contributed by atoms with van der Waals surface area (Å²) in [5.41, 5.74) is -2.97. The zero-order chi connectivity index (χ0) is 7.71. The molecule has 0 bridgehead atoms. The first-order chi connectivity index (χ1) is 3.71. The molecule has 9 heteroatoms. The molecule has 56 valence electrons. The maximum atomic E-state index is 8.78. The molecule has 0 amide bonds. The van der Waals surface area contributed by atoms with Crippen molar-refractivity contribution >= 4 is 70.7 Å². The van der Waals surface area contributed by atoms with Crippen LogP contribution in [0.15, 0.2) is 0 Å². The average Bonchev–Trinajstić information content (AvgIpc) is 1.14. The molecule has 1 N–H and O–H groups in total. The van der Waals surface area contributed by atoms with Crippen LogP contribution in [-0.4, -0.2) is 4.89 Å². The molecule has 0 saturated carbocycles. The Morgan fingerprint density at radius 2 is 1.56 bits per heavy atom. The molecular formula is H4O2P2S5. The number of hydrogen-bond acceptors (Lipinski definition) is 3. The van der Waals surface area contributed by atoms with Crippen LogP contribution in [0.1, 0.15) is 0 Å². The van der Waals surface area contributed by atoms with Gasteiger partial charge in [0, 0.05) is 0 Å². The molecule has 0 fully saturated rings. The van der Waals surface area contributed by atoms with Crippen LogP contribution in [0.25, 0.3) is 0 Å². The van der Waals surface area contributed by atoms with Crippen molar-refractivity contribution in [1.82, 2.24) is 0 Å². The lowest BCUT2D eigenvalue weighted by Crippen LogP contribution is -1.69. The van der Waals surface area contributed by atoms with Crippen LogP contribution in [0.5, 0.6) is 0 Å². The van der Waals surface area contributed by atoms with Crippen LogP contribution < -0.4 is 0 Å². The fourth-order valence-corrected chi connectivity index (χ4v) is 8.65. The molecule has 0 spiro atoms. The molecular weight excluding hydrogens is 254 g/mol. The van der Waals surface area contributed by atoms with Crippen LogP contribution >= 0.6 is 47.1 Å². The minimum atomic E-state index is -2.97. The summed E-state index contributed by atoms with van der Waals surface area (Å²) in [6, 6.07) is 0. The second-order valence-electron chi connectivity index (χ2n) is 1.06. The Balaban J connectivity index is 4.07. The Hall–Kier alpha value is 2.27. The summed E-state index contributed by atoms with van der Waals surface area (Å²) in [6.45, 7) is 0. The van der Waals surface area contributed by atoms with Gasteiger partial charge in [-0.3, -0.25) is 4.31 Å². The van der Waals surface area contributed by atoms with Gasteiger partial charge in [0.25, 0.3) is 0 Å². The Morgan fingerprint density at radius 1 is 1.22 bits per heavy atom. The van der Waals surface area contributed by atoms with Crippen LogP contribution in [0.2, 0.25) is 0 Å². The van der Waals surface area contributed by atoms with Crippen LogP contribution in [0.3, 0.4) is 0 Å². The Labute approximate surface area is 79.5 Å². The molecule has 0 saturated heterocycles. The van der Waals surface area contributed by atoms with Gasteiger partial charge in [-0.2, -0.15) is 0 Å². The highest BCUT2D eigenvalue weighted by atomic mass is 33.2. The molecule has 0 aliphatic heterocycles. The smallest absolute Gasteiger partial charge is 0.246 e. The minimum Gasteiger partial charge on any atom is -0.337 e. The lowest BCUT2D eigenvalue weighted by molar-refractivity contribution is 0.541. The predicted octanol–water partition coefficient (Wildman–Crippen LogP) is 2.23. The second kappa shape index (κ2) is 3.78. The predicted molar refractivity (Wildman–Crippen MR) is 58.8 cm³/mol. The first kappa shape index (κ1) is 11.3. The van der Waals surface area contributed by atoms with E-state index in [2.05, 4.69) is 64.7 Å². The van der Waals surface area contributed by atoms with E-state index in [4.69, 9.17) is 4.89 Å². The summed E-state index contributed by atoms with van der Waals surface area (Å²) in [5, 5.41) is 0. The summed E-state index contributed by atoms with van der Waals surface area (Å²) >= 11 is 20.1. The molecule has 0 aliphatic carbocycles. The first-order valence-electron chi connectivity index (χ1n) is 1.53. The van der Waals surface area contributed by atoms with Gasteiger partial charge < -0.3 is 4.89 Å². The summed E-state index contributed by atoms with van der Waals surface area (Å²) in [6.07, 6.45) is 0. The van der Waals surface area contributed by atoms with E-state index in [0.29, 0.717) is 0 Å². The molecule has 1 atom stereocenters. The fourth-order valence-electron chi connectivity index (χ4n) is 0.139. The van der Waals surface area contributed by atoms with E-state index in [-0.39, 0.29) is 0 Å². The molecule has 0 aliphatic rings. The van der Waals surface area contributed by atoms with Gasteiger partial charge in [-0.25, -0.2) is 0 Å².